The molecule has 0 saturated carbocycles. The Labute approximate surface area is 154 Å². The number of aromatic nitrogens is 2. The molecule has 0 aliphatic carbocycles. The fraction of sp³-hybridized carbons (Fsp3) is 0.450. The van der Waals surface area contributed by atoms with Crippen molar-refractivity contribution in [1.82, 2.24) is 19.8 Å². The van der Waals surface area contributed by atoms with Crippen LogP contribution in [0.3, 0.4) is 0 Å². The summed E-state index contributed by atoms with van der Waals surface area (Å²) < 4.78 is 0. The van der Waals surface area contributed by atoms with Gasteiger partial charge in [-0.3, -0.25) is 9.69 Å². The maximum absolute atomic E-state index is 12.8. The van der Waals surface area contributed by atoms with E-state index in [1.165, 1.54) is 18.4 Å². The molecular formula is C20H25N5O. The number of amides is 1. The lowest BCUT2D eigenvalue weighted by Crippen LogP contribution is -2.48. The molecule has 6 nitrogen and oxygen atoms in total. The summed E-state index contributed by atoms with van der Waals surface area (Å²) >= 11 is 0. The normalized spacial score (nSPS) is 18.3. The number of carbonyl (C=O) groups is 1. The molecule has 1 amide bonds. The number of carbonyl (C=O) groups excluding carboxylic acids is 1. The summed E-state index contributed by atoms with van der Waals surface area (Å²) in [6.45, 7) is 6.18. The van der Waals surface area contributed by atoms with E-state index in [0.717, 1.165) is 45.8 Å². The van der Waals surface area contributed by atoms with Crippen LogP contribution in [-0.4, -0.2) is 64.9 Å². The van der Waals surface area contributed by atoms with E-state index in [0.29, 0.717) is 11.6 Å². The van der Waals surface area contributed by atoms with Gasteiger partial charge >= 0.3 is 0 Å². The summed E-state index contributed by atoms with van der Waals surface area (Å²) in [6.07, 6.45) is 4.05. The first-order valence-electron chi connectivity index (χ1n) is 9.43. The topological polar surface area (TPSA) is 52.6 Å². The van der Waals surface area contributed by atoms with Crippen molar-refractivity contribution in [2.75, 3.05) is 44.2 Å². The Kier molecular flexibility index (Phi) is 5.11. The van der Waals surface area contributed by atoms with Gasteiger partial charge in [0.25, 0.3) is 5.91 Å². The zero-order valence-electron chi connectivity index (χ0n) is 15.0. The van der Waals surface area contributed by atoms with Crippen molar-refractivity contribution in [1.29, 1.82) is 0 Å². The van der Waals surface area contributed by atoms with Gasteiger partial charge in [0.1, 0.15) is 5.69 Å². The Hall–Kier alpha value is -2.47. The van der Waals surface area contributed by atoms with Gasteiger partial charge in [-0.05, 0) is 24.5 Å². The first kappa shape index (κ1) is 17.0. The maximum atomic E-state index is 12.8. The Morgan fingerprint density at radius 2 is 1.65 bits per heavy atom. The lowest BCUT2D eigenvalue weighted by Gasteiger charge is -2.34. The summed E-state index contributed by atoms with van der Waals surface area (Å²) in [5, 5.41) is 0. The highest BCUT2D eigenvalue weighted by Crippen LogP contribution is 2.16. The number of hydrogen-bond acceptors (Lipinski definition) is 5. The van der Waals surface area contributed by atoms with E-state index >= 15 is 0 Å². The van der Waals surface area contributed by atoms with Gasteiger partial charge in [0.2, 0.25) is 5.95 Å². The lowest BCUT2D eigenvalue weighted by molar-refractivity contribution is 0.0622. The quantitative estimate of drug-likeness (QED) is 0.844. The van der Waals surface area contributed by atoms with Crippen molar-refractivity contribution >= 4 is 11.9 Å². The molecule has 2 fully saturated rings. The summed E-state index contributed by atoms with van der Waals surface area (Å²) in [7, 11) is 0. The van der Waals surface area contributed by atoms with E-state index in [9.17, 15) is 4.79 Å². The van der Waals surface area contributed by atoms with Gasteiger partial charge in [0.05, 0.1) is 0 Å². The smallest absolute Gasteiger partial charge is 0.272 e. The highest BCUT2D eigenvalue weighted by Gasteiger charge is 2.24. The number of anilines is 1. The molecule has 4 rings (SSSR count). The van der Waals surface area contributed by atoms with Crippen LogP contribution >= 0.6 is 0 Å². The fourth-order valence-corrected chi connectivity index (χ4v) is 3.65. The predicted molar refractivity (Wildman–Crippen MR) is 101 cm³/mol. The molecule has 2 aliphatic heterocycles. The van der Waals surface area contributed by atoms with E-state index < -0.39 is 0 Å². The lowest BCUT2D eigenvalue weighted by atomic mass is 10.2. The molecule has 2 aromatic rings. The van der Waals surface area contributed by atoms with Crippen LogP contribution in [0.2, 0.25) is 0 Å². The molecule has 0 spiro atoms. The van der Waals surface area contributed by atoms with E-state index in [-0.39, 0.29) is 5.91 Å². The molecule has 0 N–H and O–H groups in total. The predicted octanol–water partition coefficient (Wildman–Crippen LogP) is 2.03. The van der Waals surface area contributed by atoms with Crippen LogP contribution in [0.1, 0.15) is 28.9 Å². The third kappa shape index (κ3) is 3.85. The van der Waals surface area contributed by atoms with Gasteiger partial charge in [-0.25, -0.2) is 9.97 Å². The Bertz CT molecular complexity index is 737. The molecule has 3 heterocycles. The van der Waals surface area contributed by atoms with E-state index in [2.05, 4.69) is 44.0 Å². The molecule has 136 valence electrons. The van der Waals surface area contributed by atoms with Gasteiger partial charge in [0.15, 0.2) is 0 Å². The Morgan fingerprint density at radius 3 is 2.38 bits per heavy atom. The average molecular weight is 351 g/mol. The van der Waals surface area contributed by atoms with Crippen LogP contribution < -0.4 is 4.90 Å². The summed E-state index contributed by atoms with van der Waals surface area (Å²) in [5.74, 6) is 0.711. The van der Waals surface area contributed by atoms with Crippen molar-refractivity contribution in [3.8, 4) is 0 Å². The molecule has 26 heavy (non-hydrogen) atoms. The molecular weight excluding hydrogens is 326 g/mol. The molecule has 0 unspecified atom stereocenters. The van der Waals surface area contributed by atoms with Crippen LogP contribution in [0, 0.1) is 0 Å². The van der Waals surface area contributed by atoms with E-state index in [1.54, 1.807) is 12.3 Å². The van der Waals surface area contributed by atoms with Crippen molar-refractivity contribution < 1.29 is 4.79 Å². The number of benzene rings is 1. The maximum Gasteiger partial charge on any atom is 0.272 e. The first-order chi connectivity index (χ1) is 12.8. The van der Waals surface area contributed by atoms with Crippen LogP contribution in [0.25, 0.3) is 0 Å². The van der Waals surface area contributed by atoms with Gasteiger partial charge in [-0.2, -0.15) is 0 Å². The minimum Gasteiger partial charge on any atom is -0.341 e. The zero-order valence-corrected chi connectivity index (χ0v) is 15.0. The SMILES string of the molecule is O=C(c1ccnc(N2CCCC2)n1)N1CCN(Cc2ccccc2)CC1. The second kappa shape index (κ2) is 7.83. The van der Waals surface area contributed by atoms with Crippen molar-refractivity contribution in [3.05, 3.63) is 53.9 Å². The second-order valence-electron chi connectivity index (χ2n) is 6.99. The molecule has 0 radical (unpaired) electrons. The number of nitrogens with zero attached hydrogens (tertiary/aromatic N) is 5. The highest BCUT2D eigenvalue weighted by molar-refractivity contribution is 5.92. The van der Waals surface area contributed by atoms with Crippen molar-refractivity contribution in [2.45, 2.75) is 19.4 Å². The molecule has 1 aromatic heterocycles. The van der Waals surface area contributed by atoms with Crippen LogP contribution in [0.5, 0.6) is 0 Å². The Morgan fingerprint density at radius 1 is 0.923 bits per heavy atom. The molecule has 0 bridgehead atoms. The average Bonchev–Trinajstić information content (AvgIpc) is 3.24. The molecule has 2 aliphatic rings. The van der Waals surface area contributed by atoms with E-state index in [1.807, 2.05) is 11.0 Å². The summed E-state index contributed by atoms with van der Waals surface area (Å²) in [4.78, 5) is 28.2. The fourth-order valence-electron chi connectivity index (χ4n) is 3.65. The second-order valence-corrected chi connectivity index (χ2v) is 6.99. The molecule has 6 heteroatoms. The monoisotopic (exact) mass is 351 g/mol. The molecule has 0 atom stereocenters. The van der Waals surface area contributed by atoms with Crippen LogP contribution in [0.4, 0.5) is 5.95 Å². The number of piperazine rings is 1. The molecule has 1 aromatic carbocycles. The van der Waals surface area contributed by atoms with Crippen LogP contribution in [0.15, 0.2) is 42.6 Å². The largest absolute Gasteiger partial charge is 0.341 e. The standard InChI is InChI=1S/C20H25N5O/c26-19(18-8-9-21-20(22-18)25-10-4-5-11-25)24-14-12-23(13-15-24)16-17-6-2-1-3-7-17/h1-3,6-9H,4-5,10-16H2. The van der Waals surface area contributed by atoms with E-state index in [4.69, 9.17) is 0 Å². The van der Waals surface area contributed by atoms with Gasteiger partial charge in [-0.15, -0.1) is 0 Å². The Balaban J connectivity index is 1.35. The number of hydrogen-bond donors (Lipinski definition) is 0. The van der Waals surface area contributed by atoms with Gasteiger partial charge < -0.3 is 9.80 Å². The third-order valence-electron chi connectivity index (χ3n) is 5.16. The minimum atomic E-state index is 0.0206. The van der Waals surface area contributed by atoms with Crippen molar-refractivity contribution in [2.24, 2.45) is 0 Å². The zero-order chi connectivity index (χ0) is 17.8. The summed E-state index contributed by atoms with van der Waals surface area (Å²) in [5.41, 5.74) is 1.83. The summed E-state index contributed by atoms with van der Waals surface area (Å²) in [6, 6.07) is 12.2. The van der Waals surface area contributed by atoms with Gasteiger partial charge in [0, 0.05) is 52.0 Å². The first-order valence-corrected chi connectivity index (χ1v) is 9.43. The minimum absolute atomic E-state index is 0.0206. The third-order valence-corrected chi connectivity index (χ3v) is 5.16. The number of rotatable bonds is 4. The van der Waals surface area contributed by atoms with Gasteiger partial charge in [-0.1, -0.05) is 30.3 Å². The highest BCUT2D eigenvalue weighted by atomic mass is 16.2. The molecule has 2 saturated heterocycles. The van der Waals surface area contributed by atoms with Crippen molar-refractivity contribution in [3.63, 3.8) is 0 Å². The van der Waals surface area contributed by atoms with Crippen LogP contribution in [-0.2, 0) is 6.54 Å².